The first-order chi connectivity index (χ1) is 8.17. The fourth-order valence-corrected chi connectivity index (χ4v) is 1.82. The Kier molecular flexibility index (Phi) is 3.50. The highest BCUT2D eigenvalue weighted by molar-refractivity contribution is 5.79. The second-order valence-electron chi connectivity index (χ2n) is 4.83. The highest BCUT2D eigenvalue weighted by atomic mass is 16.3. The molecule has 0 radical (unpaired) electrons. The van der Waals surface area contributed by atoms with Crippen LogP contribution in [0.15, 0.2) is 30.5 Å². The third kappa shape index (κ3) is 2.68. The van der Waals surface area contributed by atoms with E-state index in [-0.39, 0.29) is 12.1 Å². The zero-order chi connectivity index (χ0) is 12.3. The lowest BCUT2D eigenvalue weighted by molar-refractivity contribution is 0.169. The summed E-state index contributed by atoms with van der Waals surface area (Å²) in [5, 5.41) is 14.0. The highest BCUT2D eigenvalue weighted by Gasteiger charge is 2.19. The predicted octanol–water partition coefficient (Wildman–Crippen LogP) is 2.42. The number of hydrogen-bond acceptors (Lipinski definition) is 2. The normalized spacial score (nSPS) is 15.0. The van der Waals surface area contributed by atoms with Gasteiger partial charge in [-0.25, -0.2) is 0 Å². The smallest absolute Gasteiger partial charge is 0.0610 e. The lowest BCUT2D eigenvalue weighted by Gasteiger charge is -2.27. The van der Waals surface area contributed by atoms with E-state index in [0.717, 1.165) is 18.5 Å². The number of rotatable bonds is 5. The Hall–Kier alpha value is -1.32. The van der Waals surface area contributed by atoms with Crippen molar-refractivity contribution in [2.24, 2.45) is 0 Å². The molecule has 0 aliphatic rings. The van der Waals surface area contributed by atoms with Crippen molar-refractivity contribution in [1.29, 1.82) is 0 Å². The van der Waals surface area contributed by atoms with Crippen LogP contribution in [-0.2, 0) is 6.54 Å². The third-order valence-corrected chi connectivity index (χ3v) is 3.47. The summed E-state index contributed by atoms with van der Waals surface area (Å²) in [5.74, 6) is 0. The molecule has 0 amide bonds. The number of aliphatic hydroxyl groups is 1. The van der Waals surface area contributed by atoms with Crippen LogP contribution in [0.1, 0.15) is 25.8 Å². The van der Waals surface area contributed by atoms with Gasteiger partial charge in [0.25, 0.3) is 0 Å². The standard InChI is InChI=1S/C14H20N2O/c1-3-14(2,10-17)16-9-11-4-5-13-12(8-11)6-7-15-13/h4-8,15-17H,3,9-10H2,1-2H3. The molecule has 3 N–H and O–H groups in total. The highest BCUT2D eigenvalue weighted by Crippen LogP contribution is 2.15. The number of fused-ring (bicyclic) bond motifs is 1. The topological polar surface area (TPSA) is 48.0 Å². The van der Waals surface area contributed by atoms with E-state index in [1.165, 1.54) is 10.9 Å². The fraction of sp³-hybridized carbons (Fsp3) is 0.429. The lowest BCUT2D eigenvalue weighted by atomic mass is 10.00. The molecular formula is C14H20N2O. The van der Waals surface area contributed by atoms with Crippen LogP contribution in [0.4, 0.5) is 0 Å². The minimum Gasteiger partial charge on any atom is -0.394 e. The number of H-pyrrole nitrogens is 1. The van der Waals surface area contributed by atoms with Crippen LogP contribution < -0.4 is 5.32 Å². The summed E-state index contributed by atoms with van der Waals surface area (Å²) < 4.78 is 0. The molecule has 1 aromatic carbocycles. The molecule has 1 atom stereocenters. The molecular weight excluding hydrogens is 212 g/mol. The largest absolute Gasteiger partial charge is 0.394 e. The van der Waals surface area contributed by atoms with Gasteiger partial charge in [0.2, 0.25) is 0 Å². The number of nitrogens with one attached hydrogen (secondary N) is 2. The summed E-state index contributed by atoms with van der Waals surface area (Å²) in [6, 6.07) is 8.45. The van der Waals surface area contributed by atoms with Crippen molar-refractivity contribution in [3.63, 3.8) is 0 Å². The summed E-state index contributed by atoms with van der Waals surface area (Å²) in [5.41, 5.74) is 2.21. The van der Waals surface area contributed by atoms with Gasteiger partial charge in [-0.1, -0.05) is 13.0 Å². The average Bonchev–Trinajstić information content (AvgIpc) is 2.83. The molecule has 17 heavy (non-hydrogen) atoms. The summed E-state index contributed by atoms with van der Waals surface area (Å²) in [4.78, 5) is 3.18. The van der Waals surface area contributed by atoms with Crippen molar-refractivity contribution >= 4 is 10.9 Å². The van der Waals surface area contributed by atoms with Crippen LogP contribution in [-0.4, -0.2) is 22.2 Å². The van der Waals surface area contributed by atoms with Crippen molar-refractivity contribution in [1.82, 2.24) is 10.3 Å². The summed E-state index contributed by atoms with van der Waals surface area (Å²) in [6.07, 6.45) is 2.86. The van der Waals surface area contributed by atoms with Crippen molar-refractivity contribution in [2.75, 3.05) is 6.61 Å². The van der Waals surface area contributed by atoms with Crippen LogP contribution in [0.2, 0.25) is 0 Å². The molecule has 92 valence electrons. The molecule has 1 unspecified atom stereocenters. The van der Waals surface area contributed by atoms with E-state index >= 15 is 0 Å². The van der Waals surface area contributed by atoms with Crippen LogP contribution in [0.5, 0.6) is 0 Å². The van der Waals surface area contributed by atoms with Crippen molar-refractivity contribution in [3.8, 4) is 0 Å². The average molecular weight is 232 g/mol. The van der Waals surface area contributed by atoms with Gasteiger partial charge in [-0.3, -0.25) is 0 Å². The number of benzene rings is 1. The van der Waals surface area contributed by atoms with Crippen LogP contribution in [0, 0.1) is 0 Å². The summed E-state index contributed by atoms with van der Waals surface area (Å²) in [6.45, 7) is 5.07. The second-order valence-corrected chi connectivity index (χ2v) is 4.83. The molecule has 0 spiro atoms. The minimum absolute atomic E-state index is 0.163. The zero-order valence-electron chi connectivity index (χ0n) is 10.5. The van der Waals surface area contributed by atoms with E-state index in [9.17, 15) is 5.11 Å². The zero-order valence-corrected chi connectivity index (χ0v) is 10.5. The van der Waals surface area contributed by atoms with Crippen molar-refractivity contribution in [2.45, 2.75) is 32.4 Å². The van der Waals surface area contributed by atoms with Crippen LogP contribution in [0.25, 0.3) is 10.9 Å². The van der Waals surface area contributed by atoms with E-state index in [4.69, 9.17) is 0 Å². The Bertz CT molecular complexity index is 486. The molecule has 0 fully saturated rings. The van der Waals surface area contributed by atoms with Crippen LogP contribution >= 0.6 is 0 Å². The molecule has 3 heteroatoms. The van der Waals surface area contributed by atoms with Gasteiger partial charge in [0.1, 0.15) is 0 Å². The molecule has 1 aromatic heterocycles. The maximum absolute atomic E-state index is 9.33. The van der Waals surface area contributed by atoms with E-state index in [2.05, 4.69) is 41.5 Å². The second kappa shape index (κ2) is 4.90. The fourth-order valence-electron chi connectivity index (χ4n) is 1.82. The van der Waals surface area contributed by atoms with Crippen molar-refractivity contribution in [3.05, 3.63) is 36.0 Å². The third-order valence-electron chi connectivity index (χ3n) is 3.47. The first-order valence-electron chi connectivity index (χ1n) is 6.09. The Morgan fingerprint density at radius 2 is 2.18 bits per heavy atom. The first kappa shape index (κ1) is 12.1. The van der Waals surface area contributed by atoms with Crippen molar-refractivity contribution < 1.29 is 5.11 Å². The van der Waals surface area contributed by atoms with E-state index < -0.39 is 0 Å². The SMILES string of the molecule is CCC(C)(CO)NCc1ccc2[nH]ccc2c1. The molecule has 2 aromatic rings. The molecule has 3 nitrogen and oxygen atoms in total. The summed E-state index contributed by atoms with van der Waals surface area (Å²) >= 11 is 0. The molecule has 0 aliphatic heterocycles. The lowest BCUT2D eigenvalue weighted by Crippen LogP contribution is -2.44. The van der Waals surface area contributed by atoms with Gasteiger partial charge >= 0.3 is 0 Å². The summed E-state index contributed by atoms with van der Waals surface area (Å²) in [7, 11) is 0. The Labute approximate surface area is 102 Å². The molecule has 1 heterocycles. The van der Waals surface area contributed by atoms with Gasteiger partial charge in [0, 0.05) is 23.8 Å². The quantitative estimate of drug-likeness (QED) is 0.741. The molecule has 0 bridgehead atoms. The monoisotopic (exact) mass is 232 g/mol. The van der Waals surface area contributed by atoms with E-state index in [1.54, 1.807) is 0 Å². The molecule has 0 aliphatic carbocycles. The Morgan fingerprint density at radius 1 is 1.35 bits per heavy atom. The van der Waals surface area contributed by atoms with Gasteiger partial charge < -0.3 is 15.4 Å². The van der Waals surface area contributed by atoms with Gasteiger partial charge in [-0.15, -0.1) is 0 Å². The number of aromatic nitrogens is 1. The Balaban J connectivity index is 2.08. The van der Waals surface area contributed by atoms with Crippen LogP contribution in [0.3, 0.4) is 0 Å². The predicted molar refractivity (Wildman–Crippen MR) is 70.9 cm³/mol. The van der Waals surface area contributed by atoms with Gasteiger partial charge in [-0.05, 0) is 42.5 Å². The molecule has 2 rings (SSSR count). The first-order valence-corrected chi connectivity index (χ1v) is 6.09. The van der Waals surface area contributed by atoms with E-state index in [0.29, 0.717) is 0 Å². The molecule has 0 saturated carbocycles. The Morgan fingerprint density at radius 3 is 2.88 bits per heavy atom. The minimum atomic E-state index is -0.187. The van der Waals surface area contributed by atoms with Gasteiger partial charge in [0.05, 0.1) is 6.61 Å². The maximum Gasteiger partial charge on any atom is 0.0610 e. The number of aromatic amines is 1. The number of aliphatic hydroxyl groups excluding tert-OH is 1. The molecule has 0 saturated heterocycles. The van der Waals surface area contributed by atoms with E-state index in [1.807, 2.05) is 13.1 Å². The number of hydrogen-bond donors (Lipinski definition) is 3. The maximum atomic E-state index is 9.33. The van der Waals surface area contributed by atoms with Gasteiger partial charge in [-0.2, -0.15) is 0 Å². The van der Waals surface area contributed by atoms with Gasteiger partial charge in [0.15, 0.2) is 0 Å².